The fourth-order valence-electron chi connectivity index (χ4n) is 5.16. The molecule has 2 saturated heterocycles. The summed E-state index contributed by atoms with van der Waals surface area (Å²) in [6.45, 7) is -0.918. The molecule has 1 unspecified atom stereocenters. The molecule has 192 valence electrons. The highest BCUT2D eigenvalue weighted by atomic mass is 35.5. The Balaban J connectivity index is 1.26. The zero-order valence-corrected chi connectivity index (χ0v) is 20.4. The molecular weight excluding hydrogens is 504 g/mol. The molecule has 2 aromatic carbocycles. The van der Waals surface area contributed by atoms with Crippen LogP contribution in [-0.4, -0.2) is 47.7 Å². The van der Waals surface area contributed by atoms with Crippen molar-refractivity contribution < 1.29 is 18.3 Å². The molecule has 0 aliphatic carbocycles. The van der Waals surface area contributed by atoms with Crippen molar-refractivity contribution in [1.29, 1.82) is 0 Å². The van der Waals surface area contributed by atoms with Crippen LogP contribution in [0.25, 0.3) is 0 Å². The maximum atomic E-state index is 13.3. The summed E-state index contributed by atoms with van der Waals surface area (Å²) in [6, 6.07) is 11.4. The number of aromatic nitrogens is 2. The predicted molar refractivity (Wildman–Crippen MR) is 136 cm³/mol. The fourth-order valence-corrected chi connectivity index (χ4v) is 5.30. The number of benzene rings is 2. The van der Waals surface area contributed by atoms with Crippen molar-refractivity contribution in [2.24, 2.45) is 0 Å². The maximum Gasteiger partial charge on any atom is 0.387 e. The number of alkyl halides is 2. The van der Waals surface area contributed by atoms with Crippen LogP contribution in [0.1, 0.15) is 28.8 Å². The van der Waals surface area contributed by atoms with E-state index in [1.165, 1.54) is 6.20 Å². The average Bonchev–Trinajstić information content (AvgIpc) is 3.43. The Hall–Kier alpha value is -3.70. The lowest BCUT2D eigenvalue weighted by Gasteiger charge is -2.35. The van der Waals surface area contributed by atoms with Gasteiger partial charge < -0.3 is 30.9 Å². The van der Waals surface area contributed by atoms with Crippen LogP contribution in [0.2, 0.25) is 5.02 Å². The summed E-state index contributed by atoms with van der Waals surface area (Å²) in [4.78, 5) is 23.1. The van der Waals surface area contributed by atoms with Crippen LogP contribution in [0.4, 0.5) is 37.6 Å². The number of ether oxygens (including phenoxy) is 1. The molecule has 0 radical (unpaired) electrons. The van der Waals surface area contributed by atoms with Gasteiger partial charge in [0, 0.05) is 43.5 Å². The number of amides is 1. The van der Waals surface area contributed by atoms with Crippen LogP contribution in [-0.2, 0) is 6.54 Å². The number of halogens is 3. The second-order valence-corrected chi connectivity index (χ2v) is 9.67. The maximum absolute atomic E-state index is 13.3. The van der Waals surface area contributed by atoms with Crippen LogP contribution in [0.5, 0.6) is 5.75 Å². The van der Waals surface area contributed by atoms with E-state index in [9.17, 15) is 13.6 Å². The second kappa shape index (κ2) is 9.64. The molecule has 3 aliphatic rings. The molecule has 1 amide bonds. The number of anilines is 5. The quantitative estimate of drug-likeness (QED) is 0.358. The second-order valence-electron chi connectivity index (χ2n) is 9.26. The summed E-state index contributed by atoms with van der Waals surface area (Å²) < 4.78 is 31.4. The summed E-state index contributed by atoms with van der Waals surface area (Å²) in [5.41, 5.74) is 3.04. The molecule has 6 rings (SSSR count). The van der Waals surface area contributed by atoms with Crippen molar-refractivity contribution >= 4 is 46.3 Å². The topological polar surface area (TPSA) is 103 Å². The van der Waals surface area contributed by atoms with E-state index in [4.69, 9.17) is 16.3 Å². The Bertz CT molecular complexity index is 1350. The minimum atomic E-state index is -3.00. The minimum absolute atomic E-state index is 0.0102. The van der Waals surface area contributed by atoms with Crippen LogP contribution >= 0.6 is 11.6 Å². The standard InChI is InChI=1S/C25H24ClF2N7O2/c26-17-10-30-25(34-22(17)32-19-3-1-2-13-9-29-23(36)21(13)19)33-18-7-6-16(8-20(18)37-24(27)28)35-11-14-4-5-15(12-35)31-14/h1-3,6-8,10,14-15,24,31H,4-5,9,11-12H2,(H,29,36)(H2,30,32,33,34)/t14-,15?/m0/s1. The molecule has 0 saturated carbocycles. The summed E-state index contributed by atoms with van der Waals surface area (Å²) >= 11 is 6.32. The highest BCUT2D eigenvalue weighted by Gasteiger charge is 2.32. The first kappa shape index (κ1) is 23.7. The monoisotopic (exact) mass is 527 g/mol. The van der Waals surface area contributed by atoms with Gasteiger partial charge in [-0.05, 0) is 36.6 Å². The number of nitrogens with zero attached hydrogens (tertiary/aromatic N) is 3. The van der Waals surface area contributed by atoms with E-state index in [0.717, 1.165) is 37.2 Å². The zero-order chi connectivity index (χ0) is 25.5. The van der Waals surface area contributed by atoms with E-state index >= 15 is 0 Å². The van der Waals surface area contributed by atoms with Crippen LogP contribution in [0, 0.1) is 0 Å². The number of carbonyl (C=O) groups excluding carboxylic acids is 1. The molecule has 3 aromatic rings. The molecule has 9 nitrogen and oxygen atoms in total. The lowest BCUT2D eigenvalue weighted by molar-refractivity contribution is -0.0493. The number of carbonyl (C=O) groups is 1. The lowest BCUT2D eigenvalue weighted by Crippen LogP contribution is -2.51. The third-order valence-corrected chi connectivity index (χ3v) is 7.10. The van der Waals surface area contributed by atoms with Gasteiger partial charge in [0.15, 0.2) is 11.6 Å². The smallest absolute Gasteiger partial charge is 0.387 e. The van der Waals surface area contributed by atoms with E-state index < -0.39 is 6.61 Å². The van der Waals surface area contributed by atoms with Crippen molar-refractivity contribution in [1.82, 2.24) is 20.6 Å². The molecular formula is C25H24ClF2N7O2. The van der Waals surface area contributed by atoms with E-state index in [1.54, 1.807) is 18.2 Å². The highest BCUT2D eigenvalue weighted by Crippen LogP contribution is 2.36. The molecule has 4 N–H and O–H groups in total. The molecule has 2 fully saturated rings. The van der Waals surface area contributed by atoms with Crippen molar-refractivity contribution in [2.75, 3.05) is 28.6 Å². The van der Waals surface area contributed by atoms with Crippen LogP contribution in [0.15, 0.2) is 42.6 Å². The number of piperazine rings is 1. The van der Waals surface area contributed by atoms with Gasteiger partial charge in [0.05, 0.1) is 23.1 Å². The van der Waals surface area contributed by atoms with E-state index in [2.05, 4.69) is 36.1 Å². The molecule has 2 bridgehead atoms. The van der Waals surface area contributed by atoms with E-state index in [0.29, 0.717) is 29.9 Å². The summed E-state index contributed by atoms with van der Waals surface area (Å²) in [7, 11) is 0. The molecule has 2 atom stereocenters. The summed E-state index contributed by atoms with van der Waals surface area (Å²) in [5, 5.41) is 12.6. The number of hydrogen-bond acceptors (Lipinski definition) is 8. The molecule has 12 heteroatoms. The lowest BCUT2D eigenvalue weighted by atomic mass is 10.1. The number of fused-ring (bicyclic) bond motifs is 3. The van der Waals surface area contributed by atoms with Crippen LogP contribution < -0.4 is 30.9 Å². The molecule has 4 heterocycles. The number of rotatable bonds is 7. The average molecular weight is 528 g/mol. The first-order valence-electron chi connectivity index (χ1n) is 12.0. The van der Waals surface area contributed by atoms with E-state index in [1.807, 2.05) is 18.2 Å². The van der Waals surface area contributed by atoms with E-state index in [-0.39, 0.29) is 34.1 Å². The summed E-state index contributed by atoms with van der Waals surface area (Å²) in [6.07, 6.45) is 3.62. The minimum Gasteiger partial charge on any atom is -0.433 e. The van der Waals surface area contributed by atoms with Crippen molar-refractivity contribution in [3.05, 3.63) is 58.7 Å². The predicted octanol–water partition coefficient (Wildman–Crippen LogP) is 4.40. The molecule has 0 spiro atoms. The first-order valence-corrected chi connectivity index (χ1v) is 12.4. The Morgan fingerprint density at radius 2 is 1.92 bits per heavy atom. The Kier molecular flexibility index (Phi) is 6.17. The number of hydrogen-bond donors (Lipinski definition) is 4. The van der Waals surface area contributed by atoms with Crippen molar-refractivity contribution in [3.8, 4) is 5.75 Å². The van der Waals surface area contributed by atoms with Gasteiger partial charge in [-0.15, -0.1) is 0 Å². The SMILES string of the molecule is O=C1NCc2cccc(Nc3nc(Nc4ccc(N5CC6CC[C@@H](C5)N6)cc4OC(F)F)ncc3Cl)c21. The molecule has 1 aromatic heterocycles. The largest absolute Gasteiger partial charge is 0.433 e. The van der Waals surface area contributed by atoms with Gasteiger partial charge in [-0.25, -0.2) is 4.98 Å². The van der Waals surface area contributed by atoms with Crippen molar-refractivity contribution in [3.63, 3.8) is 0 Å². The highest BCUT2D eigenvalue weighted by molar-refractivity contribution is 6.33. The van der Waals surface area contributed by atoms with Gasteiger partial charge in [0.1, 0.15) is 5.02 Å². The number of nitrogens with one attached hydrogen (secondary N) is 4. The zero-order valence-electron chi connectivity index (χ0n) is 19.6. The van der Waals surface area contributed by atoms with Crippen molar-refractivity contribution in [2.45, 2.75) is 38.1 Å². The third-order valence-electron chi connectivity index (χ3n) is 6.82. The van der Waals surface area contributed by atoms with Crippen LogP contribution in [0.3, 0.4) is 0 Å². The van der Waals surface area contributed by atoms with Gasteiger partial charge in [0.25, 0.3) is 5.91 Å². The van der Waals surface area contributed by atoms with Gasteiger partial charge in [-0.3, -0.25) is 4.79 Å². The molecule has 3 aliphatic heterocycles. The molecule has 37 heavy (non-hydrogen) atoms. The summed E-state index contributed by atoms with van der Waals surface area (Å²) in [5.74, 6) is 0.185. The third kappa shape index (κ3) is 4.84. The van der Waals surface area contributed by atoms with Gasteiger partial charge in [-0.2, -0.15) is 13.8 Å². The van der Waals surface area contributed by atoms with Gasteiger partial charge in [0.2, 0.25) is 5.95 Å². The Labute approximate surface area is 216 Å². The first-order chi connectivity index (χ1) is 17.9. The Morgan fingerprint density at radius 3 is 2.70 bits per heavy atom. The fraction of sp³-hybridized carbons (Fsp3) is 0.320. The Morgan fingerprint density at radius 1 is 1.11 bits per heavy atom. The van der Waals surface area contributed by atoms with Gasteiger partial charge in [-0.1, -0.05) is 23.7 Å². The normalized spacial score (nSPS) is 20.1. The van der Waals surface area contributed by atoms with Gasteiger partial charge >= 0.3 is 6.61 Å².